The summed E-state index contributed by atoms with van der Waals surface area (Å²) in [4.78, 5) is 10.3. The number of nitrogens with zero attached hydrogens (tertiary/aromatic N) is 2. The van der Waals surface area contributed by atoms with E-state index in [0.29, 0.717) is 30.0 Å². The summed E-state index contributed by atoms with van der Waals surface area (Å²) in [6, 6.07) is 2.61. The Kier molecular flexibility index (Phi) is 2.80. The Labute approximate surface area is 107 Å². The molecule has 3 rings (SSSR count). The monoisotopic (exact) mass is 266 g/mol. The molecule has 0 unspecified atom stereocenters. The molecular weight excluding hydrogens is 256 g/mol. The van der Waals surface area contributed by atoms with Crippen LogP contribution in [0.2, 0.25) is 0 Å². The molecule has 19 heavy (non-hydrogen) atoms. The number of hydrogen-bond donors (Lipinski definition) is 0. The molecular formula is C11H10N2O6. The second-order valence-electron chi connectivity index (χ2n) is 3.92. The summed E-state index contributed by atoms with van der Waals surface area (Å²) in [5.41, 5.74) is 0.569. The summed E-state index contributed by atoms with van der Waals surface area (Å²) in [5.74, 6) is 0.305. The number of non-ortho nitro benzene ring substituents is 1. The third-order valence-electron chi connectivity index (χ3n) is 2.83. The zero-order valence-corrected chi connectivity index (χ0v) is 9.99. The zero-order valence-electron chi connectivity index (χ0n) is 9.99. The molecule has 0 saturated carbocycles. The number of fused-ring (bicyclic) bond motifs is 1. The van der Waals surface area contributed by atoms with Crippen molar-refractivity contribution in [1.29, 1.82) is 0 Å². The first-order chi connectivity index (χ1) is 9.20. The smallest absolute Gasteiger partial charge is 0.277 e. The molecule has 8 nitrogen and oxygen atoms in total. The number of aromatic nitrogens is 1. The topological polar surface area (TPSA) is 96.9 Å². The third kappa shape index (κ3) is 1.90. The van der Waals surface area contributed by atoms with Crippen molar-refractivity contribution >= 4 is 16.7 Å². The maximum absolute atomic E-state index is 10.8. The van der Waals surface area contributed by atoms with Crippen LogP contribution < -0.4 is 4.74 Å². The average molecular weight is 266 g/mol. The fraction of sp³-hybridized carbons (Fsp3) is 0.364. The Morgan fingerprint density at radius 1 is 1.42 bits per heavy atom. The van der Waals surface area contributed by atoms with E-state index in [9.17, 15) is 10.1 Å². The molecule has 0 N–H and O–H groups in total. The van der Waals surface area contributed by atoms with Gasteiger partial charge in [-0.05, 0) is 0 Å². The van der Waals surface area contributed by atoms with Crippen LogP contribution in [0.5, 0.6) is 5.75 Å². The Morgan fingerprint density at radius 3 is 2.79 bits per heavy atom. The molecule has 0 spiro atoms. The molecule has 0 aliphatic carbocycles. The highest BCUT2D eigenvalue weighted by Gasteiger charge is 2.28. The Morgan fingerprint density at radius 2 is 2.16 bits per heavy atom. The van der Waals surface area contributed by atoms with Gasteiger partial charge in [-0.2, -0.15) is 0 Å². The quantitative estimate of drug-likeness (QED) is 0.617. The van der Waals surface area contributed by atoms with E-state index in [1.165, 1.54) is 19.2 Å². The molecule has 0 radical (unpaired) electrons. The molecule has 2 aromatic rings. The zero-order chi connectivity index (χ0) is 13.4. The van der Waals surface area contributed by atoms with E-state index < -0.39 is 11.2 Å². The van der Waals surface area contributed by atoms with Crippen LogP contribution in [0.25, 0.3) is 11.0 Å². The molecule has 8 heteroatoms. The standard InChI is InChI=1S/C11H10N2O6/c1-16-7-4-6(13(14)15)5-8-9(7)10(12-19-8)11-17-2-3-18-11/h4-5,11H,2-3H2,1H3. The second-order valence-corrected chi connectivity index (χ2v) is 3.92. The molecule has 100 valence electrons. The molecule has 1 aromatic heterocycles. The van der Waals surface area contributed by atoms with E-state index in [1.807, 2.05) is 0 Å². The van der Waals surface area contributed by atoms with Crippen molar-refractivity contribution in [3.63, 3.8) is 0 Å². The predicted molar refractivity (Wildman–Crippen MR) is 61.9 cm³/mol. The molecule has 1 aliphatic heterocycles. The van der Waals surface area contributed by atoms with E-state index in [4.69, 9.17) is 18.7 Å². The third-order valence-corrected chi connectivity index (χ3v) is 2.83. The van der Waals surface area contributed by atoms with Crippen LogP contribution >= 0.6 is 0 Å². The number of rotatable bonds is 3. The Balaban J connectivity index is 2.18. The first-order valence-electron chi connectivity index (χ1n) is 5.55. The van der Waals surface area contributed by atoms with Gasteiger partial charge < -0.3 is 18.7 Å². The van der Waals surface area contributed by atoms with E-state index in [1.54, 1.807) is 0 Å². The number of methoxy groups -OCH3 is 1. The summed E-state index contributed by atoms with van der Waals surface area (Å²) >= 11 is 0. The van der Waals surface area contributed by atoms with E-state index in [2.05, 4.69) is 5.16 Å². The Bertz CT molecular complexity index is 631. The first kappa shape index (κ1) is 11.9. The van der Waals surface area contributed by atoms with Crippen molar-refractivity contribution in [1.82, 2.24) is 5.16 Å². The van der Waals surface area contributed by atoms with Crippen molar-refractivity contribution in [2.45, 2.75) is 6.29 Å². The van der Waals surface area contributed by atoms with Crippen LogP contribution in [0.4, 0.5) is 5.69 Å². The highest BCUT2D eigenvalue weighted by molar-refractivity contribution is 5.88. The van der Waals surface area contributed by atoms with Gasteiger partial charge >= 0.3 is 0 Å². The largest absolute Gasteiger partial charge is 0.496 e. The summed E-state index contributed by atoms with van der Waals surface area (Å²) in [6.45, 7) is 0.933. The predicted octanol–water partition coefficient (Wildman–Crippen LogP) is 1.79. The lowest BCUT2D eigenvalue weighted by Gasteiger charge is -2.07. The van der Waals surface area contributed by atoms with Gasteiger partial charge in [0.05, 0.1) is 42.8 Å². The summed E-state index contributed by atoms with van der Waals surface area (Å²) in [7, 11) is 1.42. The van der Waals surface area contributed by atoms with Gasteiger partial charge in [-0.15, -0.1) is 0 Å². The van der Waals surface area contributed by atoms with Gasteiger partial charge in [0.2, 0.25) is 6.29 Å². The molecule has 0 amide bonds. The van der Waals surface area contributed by atoms with E-state index in [0.717, 1.165) is 0 Å². The van der Waals surface area contributed by atoms with Gasteiger partial charge in [-0.25, -0.2) is 0 Å². The van der Waals surface area contributed by atoms with Crippen molar-refractivity contribution < 1.29 is 23.7 Å². The lowest BCUT2D eigenvalue weighted by atomic mass is 10.1. The molecule has 0 atom stereocenters. The minimum absolute atomic E-state index is 0.125. The lowest BCUT2D eigenvalue weighted by molar-refractivity contribution is -0.384. The molecule has 0 bridgehead atoms. The number of nitro groups is 1. The van der Waals surface area contributed by atoms with Crippen LogP contribution in [0.15, 0.2) is 16.7 Å². The fourth-order valence-electron chi connectivity index (χ4n) is 1.99. The maximum Gasteiger partial charge on any atom is 0.277 e. The fourth-order valence-corrected chi connectivity index (χ4v) is 1.99. The first-order valence-corrected chi connectivity index (χ1v) is 5.55. The minimum Gasteiger partial charge on any atom is -0.496 e. The number of benzene rings is 1. The molecule has 1 aliphatic rings. The molecule has 1 aromatic carbocycles. The number of nitro benzene ring substituents is 1. The van der Waals surface area contributed by atoms with Gasteiger partial charge in [-0.1, -0.05) is 5.16 Å². The van der Waals surface area contributed by atoms with Crippen molar-refractivity contribution in [2.24, 2.45) is 0 Å². The van der Waals surface area contributed by atoms with Gasteiger partial charge in [0.15, 0.2) is 11.3 Å². The van der Waals surface area contributed by atoms with Crippen LogP contribution in [-0.4, -0.2) is 30.4 Å². The van der Waals surface area contributed by atoms with Crippen molar-refractivity contribution in [3.8, 4) is 5.75 Å². The minimum atomic E-state index is -0.628. The molecule has 1 saturated heterocycles. The van der Waals surface area contributed by atoms with Gasteiger partial charge in [-0.3, -0.25) is 10.1 Å². The second kappa shape index (κ2) is 4.48. The van der Waals surface area contributed by atoms with Crippen LogP contribution in [0.3, 0.4) is 0 Å². The summed E-state index contributed by atoms with van der Waals surface area (Å²) < 4.78 is 21.0. The van der Waals surface area contributed by atoms with Crippen molar-refractivity contribution in [3.05, 3.63) is 27.9 Å². The lowest BCUT2D eigenvalue weighted by Crippen LogP contribution is -2.00. The van der Waals surface area contributed by atoms with Gasteiger partial charge in [0, 0.05) is 0 Å². The number of ether oxygens (including phenoxy) is 3. The van der Waals surface area contributed by atoms with Crippen LogP contribution in [0.1, 0.15) is 12.0 Å². The maximum atomic E-state index is 10.8. The van der Waals surface area contributed by atoms with E-state index in [-0.39, 0.29) is 11.3 Å². The summed E-state index contributed by atoms with van der Waals surface area (Å²) in [6.07, 6.45) is -0.628. The van der Waals surface area contributed by atoms with Crippen LogP contribution in [-0.2, 0) is 9.47 Å². The molecule has 1 fully saturated rings. The van der Waals surface area contributed by atoms with Crippen molar-refractivity contribution in [2.75, 3.05) is 20.3 Å². The number of hydrogen-bond acceptors (Lipinski definition) is 7. The molecule has 2 heterocycles. The van der Waals surface area contributed by atoms with E-state index >= 15 is 0 Å². The average Bonchev–Trinajstić information content (AvgIpc) is 3.05. The van der Waals surface area contributed by atoms with Gasteiger partial charge in [0.25, 0.3) is 5.69 Å². The van der Waals surface area contributed by atoms with Gasteiger partial charge in [0.1, 0.15) is 5.75 Å². The van der Waals surface area contributed by atoms with Crippen LogP contribution in [0, 0.1) is 10.1 Å². The summed E-state index contributed by atoms with van der Waals surface area (Å²) in [5, 5.41) is 15.2. The Hall–Kier alpha value is -2.19. The highest BCUT2D eigenvalue weighted by Crippen LogP contribution is 2.37. The highest BCUT2D eigenvalue weighted by atomic mass is 16.7. The normalized spacial score (nSPS) is 16.1. The SMILES string of the molecule is COc1cc([N+](=O)[O-])cc2onc(C3OCCO3)c12.